The second kappa shape index (κ2) is 14.2. The van der Waals surface area contributed by atoms with Crippen LogP contribution in [0.3, 0.4) is 0 Å². The molecule has 0 fully saturated rings. The lowest BCUT2D eigenvalue weighted by Crippen LogP contribution is -2.50. The van der Waals surface area contributed by atoms with Crippen molar-refractivity contribution in [1.82, 2.24) is 9.80 Å². The quantitative estimate of drug-likeness (QED) is 0.172. The minimum Gasteiger partial charge on any atom is -0.487 e. The molecule has 4 N–H and O–H groups in total. The van der Waals surface area contributed by atoms with E-state index >= 15 is 0 Å². The number of anilines is 3. The number of nitrogens with zero attached hydrogens (tertiary/aromatic N) is 2. The molecule has 0 bridgehead atoms. The van der Waals surface area contributed by atoms with Crippen LogP contribution in [0.1, 0.15) is 29.8 Å². The topological polar surface area (TPSA) is 123 Å². The monoisotopic (exact) mass is 663 g/mol. The third-order valence-corrected chi connectivity index (χ3v) is 8.22. The number of carbonyl (C=O) groups excluding carboxylic acids is 3. The van der Waals surface area contributed by atoms with Crippen LogP contribution in [0.2, 0.25) is 0 Å². The van der Waals surface area contributed by atoms with E-state index in [1.165, 1.54) is 28.0 Å². The highest BCUT2D eigenvalue weighted by molar-refractivity contribution is 6.03. The SMILES string of the molecule is C[C@H]1CN([C@@H](C)CO)C(=O)c2cc(NC(=O)Nc3ccc(C(F)(F)F)cc3)ccc2O[C@@H]1CN(C)C(=O)Nc1cccc2ccccc12. The fourth-order valence-corrected chi connectivity index (χ4v) is 5.45. The van der Waals surface area contributed by atoms with Gasteiger partial charge in [-0.25, -0.2) is 9.59 Å². The Morgan fingerprint density at radius 1 is 0.979 bits per heavy atom. The predicted molar refractivity (Wildman–Crippen MR) is 177 cm³/mol. The molecule has 4 aromatic carbocycles. The van der Waals surface area contributed by atoms with Crippen molar-refractivity contribution in [3.05, 3.63) is 96.1 Å². The number of halogens is 3. The number of ether oxygens (including phenoxy) is 1. The van der Waals surface area contributed by atoms with E-state index in [-0.39, 0.29) is 54.3 Å². The van der Waals surface area contributed by atoms with Crippen LogP contribution in [0.4, 0.5) is 39.8 Å². The lowest BCUT2D eigenvalue weighted by atomic mass is 9.99. The number of aliphatic hydroxyl groups excluding tert-OH is 1. The third-order valence-electron chi connectivity index (χ3n) is 8.22. The highest BCUT2D eigenvalue weighted by Crippen LogP contribution is 2.32. The van der Waals surface area contributed by atoms with E-state index < -0.39 is 35.8 Å². The molecule has 0 saturated heterocycles. The van der Waals surface area contributed by atoms with Crippen molar-refractivity contribution in [2.75, 3.05) is 42.7 Å². The molecule has 48 heavy (non-hydrogen) atoms. The average molecular weight is 664 g/mol. The number of hydrogen-bond donors (Lipinski definition) is 4. The summed E-state index contributed by atoms with van der Waals surface area (Å²) in [5.41, 5.74) is 0.308. The van der Waals surface area contributed by atoms with E-state index in [2.05, 4.69) is 16.0 Å². The second-order valence-corrected chi connectivity index (χ2v) is 11.8. The summed E-state index contributed by atoms with van der Waals surface area (Å²) in [6, 6.07) is 20.2. The molecule has 1 aliphatic heterocycles. The molecule has 5 rings (SSSR count). The molecule has 10 nitrogen and oxygen atoms in total. The van der Waals surface area contributed by atoms with E-state index in [9.17, 15) is 32.7 Å². The van der Waals surface area contributed by atoms with Gasteiger partial charge in [-0.3, -0.25) is 4.79 Å². The summed E-state index contributed by atoms with van der Waals surface area (Å²) >= 11 is 0. The Bertz CT molecular complexity index is 1790. The van der Waals surface area contributed by atoms with Crippen molar-refractivity contribution in [3.8, 4) is 5.75 Å². The van der Waals surface area contributed by atoms with Gasteiger partial charge in [-0.1, -0.05) is 43.3 Å². The number of hydrogen-bond acceptors (Lipinski definition) is 5. The summed E-state index contributed by atoms with van der Waals surface area (Å²) < 4.78 is 45.0. The molecule has 0 radical (unpaired) electrons. The van der Waals surface area contributed by atoms with Gasteiger partial charge in [0.25, 0.3) is 5.91 Å². The average Bonchev–Trinajstić information content (AvgIpc) is 3.06. The number of fused-ring (bicyclic) bond motifs is 2. The van der Waals surface area contributed by atoms with Crippen LogP contribution in [0.25, 0.3) is 10.8 Å². The van der Waals surface area contributed by atoms with Crippen LogP contribution in [-0.4, -0.2) is 71.8 Å². The van der Waals surface area contributed by atoms with Crippen LogP contribution in [-0.2, 0) is 6.18 Å². The van der Waals surface area contributed by atoms with Gasteiger partial charge < -0.3 is 35.6 Å². The number of nitrogens with one attached hydrogen (secondary N) is 3. The van der Waals surface area contributed by atoms with Gasteiger partial charge in [0.1, 0.15) is 11.9 Å². The van der Waals surface area contributed by atoms with E-state index in [0.29, 0.717) is 5.69 Å². The van der Waals surface area contributed by atoms with Gasteiger partial charge in [0, 0.05) is 36.3 Å². The van der Waals surface area contributed by atoms with Gasteiger partial charge in [-0.05, 0) is 60.8 Å². The van der Waals surface area contributed by atoms with E-state index in [0.717, 1.165) is 35.0 Å². The summed E-state index contributed by atoms with van der Waals surface area (Å²) in [5.74, 6) is -0.454. The zero-order valence-corrected chi connectivity index (χ0v) is 26.5. The molecular formula is C35H36F3N5O5. The van der Waals surface area contributed by atoms with Crippen LogP contribution in [0, 0.1) is 5.92 Å². The highest BCUT2D eigenvalue weighted by atomic mass is 19.4. The van der Waals surface area contributed by atoms with Crippen LogP contribution in [0.15, 0.2) is 84.9 Å². The Morgan fingerprint density at radius 2 is 1.65 bits per heavy atom. The van der Waals surface area contributed by atoms with Crippen molar-refractivity contribution < 1.29 is 37.4 Å². The van der Waals surface area contributed by atoms with Gasteiger partial charge in [-0.15, -0.1) is 0 Å². The number of amides is 5. The first-order chi connectivity index (χ1) is 22.8. The Labute approximate surface area is 275 Å². The summed E-state index contributed by atoms with van der Waals surface area (Å²) in [6.45, 7) is 3.71. The van der Waals surface area contributed by atoms with E-state index in [1.54, 1.807) is 14.0 Å². The maximum absolute atomic E-state index is 13.8. The molecule has 252 valence electrons. The molecule has 5 amide bonds. The van der Waals surface area contributed by atoms with Gasteiger partial charge in [0.2, 0.25) is 0 Å². The number of alkyl halides is 3. The molecule has 3 atom stereocenters. The number of likely N-dealkylation sites (N-methyl/N-ethyl adjacent to an activating group) is 1. The summed E-state index contributed by atoms with van der Waals surface area (Å²) in [4.78, 5) is 42.8. The first-order valence-corrected chi connectivity index (χ1v) is 15.3. The molecule has 1 aliphatic rings. The third kappa shape index (κ3) is 7.80. The molecule has 0 spiro atoms. The molecule has 4 aromatic rings. The summed E-state index contributed by atoms with van der Waals surface area (Å²) in [6.07, 6.45) is -5.07. The second-order valence-electron chi connectivity index (χ2n) is 11.8. The minimum atomic E-state index is -4.51. The number of aliphatic hydroxyl groups is 1. The van der Waals surface area contributed by atoms with E-state index in [1.807, 2.05) is 49.4 Å². The normalized spacial score (nSPS) is 17.0. The molecule has 1 heterocycles. The zero-order chi connectivity index (χ0) is 34.6. The largest absolute Gasteiger partial charge is 0.487 e. The molecule has 0 aliphatic carbocycles. The molecule has 0 unspecified atom stereocenters. The summed E-state index contributed by atoms with van der Waals surface area (Å²) in [7, 11) is 1.65. The summed E-state index contributed by atoms with van der Waals surface area (Å²) in [5, 5.41) is 19.9. The first kappa shape index (κ1) is 34.0. The van der Waals surface area contributed by atoms with Crippen LogP contribution < -0.4 is 20.7 Å². The fourth-order valence-electron chi connectivity index (χ4n) is 5.45. The lowest BCUT2D eigenvalue weighted by molar-refractivity contribution is -0.137. The fraction of sp³-hybridized carbons (Fsp3) is 0.286. The smallest absolute Gasteiger partial charge is 0.416 e. The van der Waals surface area contributed by atoms with Gasteiger partial charge in [-0.2, -0.15) is 13.2 Å². The minimum absolute atomic E-state index is 0.127. The highest BCUT2D eigenvalue weighted by Gasteiger charge is 2.34. The first-order valence-electron chi connectivity index (χ1n) is 15.3. The zero-order valence-electron chi connectivity index (χ0n) is 26.5. The number of rotatable bonds is 7. The molecular weight excluding hydrogens is 627 g/mol. The number of benzene rings is 4. The van der Waals surface area contributed by atoms with Gasteiger partial charge in [0.05, 0.1) is 36.0 Å². The molecule has 0 aromatic heterocycles. The molecule has 0 saturated carbocycles. The van der Waals surface area contributed by atoms with Crippen molar-refractivity contribution in [2.45, 2.75) is 32.2 Å². The van der Waals surface area contributed by atoms with Gasteiger partial charge >= 0.3 is 18.2 Å². The Hall–Kier alpha value is -5.30. The Kier molecular flexibility index (Phi) is 10.1. The van der Waals surface area contributed by atoms with E-state index in [4.69, 9.17) is 4.74 Å². The predicted octanol–water partition coefficient (Wildman–Crippen LogP) is 6.89. The van der Waals surface area contributed by atoms with Crippen molar-refractivity contribution >= 4 is 45.8 Å². The number of urea groups is 2. The van der Waals surface area contributed by atoms with Crippen LogP contribution in [0.5, 0.6) is 5.75 Å². The lowest BCUT2D eigenvalue weighted by Gasteiger charge is -2.38. The van der Waals surface area contributed by atoms with Crippen molar-refractivity contribution in [2.24, 2.45) is 5.92 Å². The van der Waals surface area contributed by atoms with Gasteiger partial charge in [0.15, 0.2) is 0 Å². The Morgan fingerprint density at radius 3 is 2.35 bits per heavy atom. The molecule has 13 heteroatoms. The van der Waals surface area contributed by atoms with Crippen molar-refractivity contribution in [3.63, 3.8) is 0 Å². The maximum Gasteiger partial charge on any atom is 0.416 e. The number of carbonyl (C=O) groups is 3. The van der Waals surface area contributed by atoms with Crippen LogP contribution >= 0.6 is 0 Å². The maximum atomic E-state index is 13.8. The van der Waals surface area contributed by atoms with Crippen molar-refractivity contribution in [1.29, 1.82) is 0 Å². The standard InChI is InChI=1S/C35H36F3N5O5/c1-21-18-43(22(2)20-44)32(45)28-17-26(40-33(46)39-25-13-11-24(12-14-25)35(36,37)38)15-16-30(28)48-31(21)19-42(3)34(47)41-29-10-6-8-23-7-4-5-9-27(23)29/h4-17,21-22,31,44H,18-20H2,1-3H3,(H,41,47)(H2,39,40,46)/t21-,22-,31+/m0/s1. The Balaban J connectivity index is 1.34.